The first kappa shape index (κ1) is 20.0. The predicted molar refractivity (Wildman–Crippen MR) is 104 cm³/mol. The standard InChI is InChI=1S/C19H24FN5O3S/c1-22-13-18(21-14-22)29(27,28)25-7-6-17-19(26)24(9-8-23(17)10-11-25)12-15-2-4-16(20)5-3-15/h2-5,13-14,17H,6-12H2,1H3. The van der Waals surface area contributed by atoms with Crippen LogP contribution >= 0.6 is 0 Å². The molecule has 0 bridgehead atoms. The number of aromatic nitrogens is 2. The highest BCUT2D eigenvalue weighted by atomic mass is 32.2. The Balaban J connectivity index is 1.45. The minimum absolute atomic E-state index is 0.00217. The van der Waals surface area contributed by atoms with Gasteiger partial charge in [-0.15, -0.1) is 0 Å². The van der Waals surface area contributed by atoms with Gasteiger partial charge in [-0.05, 0) is 24.1 Å². The summed E-state index contributed by atoms with van der Waals surface area (Å²) in [6.07, 6.45) is 3.39. The number of amides is 1. The molecule has 2 fully saturated rings. The van der Waals surface area contributed by atoms with Crippen molar-refractivity contribution >= 4 is 15.9 Å². The van der Waals surface area contributed by atoms with E-state index in [1.165, 1.54) is 29.0 Å². The maximum Gasteiger partial charge on any atom is 0.262 e. The first-order valence-electron chi connectivity index (χ1n) is 9.60. The number of piperazine rings is 1. The van der Waals surface area contributed by atoms with E-state index in [1.807, 2.05) is 0 Å². The Bertz CT molecular complexity index is 992. The van der Waals surface area contributed by atoms with Crippen LogP contribution in [0.5, 0.6) is 0 Å². The average Bonchev–Trinajstić information content (AvgIpc) is 3.01. The maximum absolute atomic E-state index is 13.1. The molecule has 1 unspecified atom stereocenters. The van der Waals surface area contributed by atoms with Gasteiger partial charge < -0.3 is 9.47 Å². The van der Waals surface area contributed by atoms with Gasteiger partial charge in [0.15, 0.2) is 5.03 Å². The Morgan fingerprint density at radius 1 is 1.10 bits per heavy atom. The second-order valence-corrected chi connectivity index (χ2v) is 9.39. The van der Waals surface area contributed by atoms with Gasteiger partial charge in [0.05, 0.1) is 12.4 Å². The molecule has 4 rings (SSSR count). The Labute approximate surface area is 169 Å². The van der Waals surface area contributed by atoms with Crippen LogP contribution in [0.1, 0.15) is 12.0 Å². The summed E-state index contributed by atoms with van der Waals surface area (Å²) in [5.41, 5.74) is 0.876. The number of carbonyl (C=O) groups excluding carboxylic acids is 1. The smallest absolute Gasteiger partial charge is 0.262 e. The normalized spacial score (nSPS) is 21.8. The highest BCUT2D eigenvalue weighted by Crippen LogP contribution is 2.23. The lowest BCUT2D eigenvalue weighted by Gasteiger charge is -2.39. The lowest BCUT2D eigenvalue weighted by molar-refractivity contribution is -0.142. The topological polar surface area (TPSA) is 78.8 Å². The summed E-state index contributed by atoms with van der Waals surface area (Å²) < 4.78 is 41.9. The molecule has 0 radical (unpaired) electrons. The molecule has 1 aromatic carbocycles. The third kappa shape index (κ3) is 4.05. The van der Waals surface area contributed by atoms with Crippen LogP contribution < -0.4 is 0 Å². The molecular weight excluding hydrogens is 397 g/mol. The van der Waals surface area contributed by atoms with Crippen LogP contribution in [0.2, 0.25) is 0 Å². The SMILES string of the molecule is Cn1cnc(S(=O)(=O)N2CCC3C(=O)N(Cc4ccc(F)cc4)CCN3CC2)c1. The molecule has 8 nitrogen and oxygen atoms in total. The highest BCUT2D eigenvalue weighted by Gasteiger charge is 2.39. The highest BCUT2D eigenvalue weighted by molar-refractivity contribution is 7.89. The quantitative estimate of drug-likeness (QED) is 0.725. The van der Waals surface area contributed by atoms with Gasteiger partial charge in [-0.3, -0.25) is 9.69 Å². The molecule has 2 aromatic rings. The molecule has 0 spiro atoms. The lowest BCUT2D eigenvalue weighted by Crippen LogP contribution is -2.56. The van der Waals surface area contributed by atoms with Crippen LogP contribution in [0, 0.1) is 5.82 Å². The summed E-state index contributed by atoms with van der Waals surface area (Å²) in [5, 5.41) is 0.0316. The Morgan fingerprint density at radius 3 is 2.52 bits per heavy atom. The number of sulfonamides is 1. The minimum Gasteiger partial charge on any atom is -0.339 e. The Kier molecular flexibility index (Phi) is 5.41. The lowest BCUT2D eigenvalue weighted by atomic mass is 10.1. The third-order valence-corrected chi connectivity index (χ3v) is 7.34. The molecule has 3 heterocycles. The van der Waals surface area contributed by atoms with Gasteiger partial charge >= 0.3 is 0 Å². The van der Waals surface area contributed by atoms with E-state index in [0.717, 1.165) is 5.56 Å². The zero-order valence-corrected chi connectivity index (χ0v) is 17.1. The van der Waals surface area contributed by atoms with Crippen molar-refractivity contribution in [3.05, 3.63) is 48.2 Å². The average molecular weight is 421 g/mol. The van der Waals surface area contributed by atoms with Crippen LogP contribution in [0.25, 0.3) is 0 Å². The van der Waals surface area contributed by atoms with Crippen molar-refractivity contribution in [1.82, 2.24) is 23.7 Å². The van der Waals surface area contributed by atoms with Crippen molar-refractivity contribution in [3.63, 3.8) is 0 Å². The maximum atomic E-state index is 13.1. The number of rotatable bonds is 4. The molecule has 29 heavy (non-hydrogen) atoms. The number of halogens is 1. The summed E-state index contributed by atoms with van der Waals surface area (Å²) in [6, 6.07) is 5.81. The van der Waals surface area contributed by atoms with Gasteiger partial charge in [0.1, 0.15) is 5.82 Å². The number of hydrogen-bond donors (Lipinski definition) is 0. The molecule has 0 saturated carbocycles. The molecular formula is C19H24FN5O3S. The first-order chi connectivity index (χ1) is 13.8. The molecule has 1 aromatic heterocycles. The molecule has 1 amide bonds. The second-order valence-electron chi connectivity index (χ2n) is 7.51. The number of fused-ring (bicyclic) bond motifs is 1. The fourth-order valence-electron chi connectivity index (χ4n) is 3.94. The number of aryl methyl sites for hydroxylation is 1. The summed E-state index contributed by atoms with van der Waals surface area (Å²) in [7, 11) is -1.95. The van der Waals surface area contributed by atoms with E-state index in [9.17, 15) is 17.6 Å². The molecule has 1 atom stereocenters. The van der Waals surface area contributed by atoms with Gasteiger partial charge in [0.2, 0.25) is 5.91 Å². The molecule has 156 valence electrons. The zero-order valence-electron chi connectivity index (χ0n) is 16.2. The molecule has 0 N–H and O–H groups in total. The number of imidazole rings is 1. The summed E-state index contributed by atoms with van der Waals surface area (Å²) in [4.78, 5) is 20.9. The van der Waals surface area contributed by atoms with Crippen LogP contribution in [-0.2, 0) is 28.4 Å². The van der Waals surface area contributed by atoms with E-state index < -0.39 is 10.0 Å². The van der Waals surface area contributed by atoms with Gasteiger partial charge in [-0.25, -0.2) is 17.8 Å². The Hall–Kier alpha value is -2.30. The number of carbonyl (C=O) groups is 1. The van der Waals surface area contributed by atoms with E-state index >= 15 is 0 Å². The monoisotopic (exact) mass is 421 g/mol. The van der Waals surface area contributed by atoms with Crippen molar-refractivity contribution in [2.75, 3.05) is 32.7 Å². The molecule has 0 aliphatic carbocycles. The molecule has 2 saturated heterocycles. The number of hydrogen-bond acceptors (Lipinski definition) is 5. The largest absolute Gasteiger partial charge is 0.339 e. The Morgan fingerprint density at radius 2 is 1.83 bits per heavy atom. The number of benzene rings is 1. The van der Waals surface area contributed by atoms with Crippen molar-refractivity contribution in [2.24, 2.45) is 7.05 Å². The summed E-state index contributed by atoms with van der Waals surface area (Å²) >= 11 is 0. The van der Waals surface area contributed by atoms with Gasteiger partial charge in [0.25, 0.3) is 10.0 Å². The summed E-state index contributed by atoms with van der Waals surface area (Å²) in [5.74, 6) is -0.305. The van der Waals surface area contributed by atoms with Crippen LogP contribution in [0.4, 0.5) is 4.39 Å². The van der Waals surface area contributed by atoms with Crippen molar-refractivity contribution in [3.8, 4) is 0 Å². The summed E-state index contributed by atoms with van der Waals surface area (Å²) in [6.45, 7) is 2.80. The number of nitrogens with zero attached hydrogens (tertiary/aromatic N) is 5. The predicted octanol–water partition coefficient (Wildman–Crippen LogP) is 0.667. The van der Waals surface area contributed by atoms with E-state index in [4.69, 9.17) is 0 Å². The fraction of sp³-hybridized carbons (Fsp3) is 0.474. The van der Waals surface area contributed by atoms with E-state index in [2.05, 4.69) is 9.88 Å². The van der Waals surface area contributed by atoms with E-state index in [0.29, 0.717) is 39.1 Å². The van der Waals surface area contributed by atoms with Crippen molar-refractivity contribution in [2.45, 2.75) is 24.0 Å². The van der Waals surface area contributed by atoms with E-state index in [1.54, 1.807) is 28.6 Å². The molecule has 2 aliphatic heterocycles. The second kappa shape index (κ2) is 7.85. The van der Waals surface area contributed by atoms with Crippen LogP contribution in [-0.4, -0.2) is 76.7 Å². The minimum atomic E-state index is -3.68. The third-order valence-electron chi connectivity index (χ3n) is 5.56. The molecule has 2 aliphatic rings. The van der Waals surface area contributed by atoms with Crippen molar-refractivity contribution < 1.29 is 17.6 Å². The fourth-order valence-corrected chi connectivity index (χ4v) is 5.35. The van der Waals surface area contributed by atoms with E-state index in [-0.39, 0.29) is 29.3 Å². The zero-order chi connectivity index (χ0) is 20.6. The first-order valence-corrected chi connectivity index (χ1v) is 11.0. The van der Waals surface area contributed by atoms with Crippen molar-refractivity contribution in [1.29, 1.82) is 0 Å². The van der Waals surface area contributed by atoms with Crippen LogP contribution in [0.15, 0.2) is 41.8 Å². The van der Waals surface area contributed by atoms with Gasteiger partial charge in [0, 0.05) is 52.5 Å². The van der Waals surface area contributed by atoms with Crippen LogP contribution in [0.3, 0.4) is 0 Å². The van der Waals surface area contributed by atoms with Gasteiger partial charge in [-0.1, -0.05) is 12.1 Å². The van der Waals surface area contributed by atoms with Gasteiger partial charge in [-0.2, -0.15) is 4.31 Å². The molecule has 10 heteroatoms.